The number of rotatable bonds is 5. The average Bonchev–Trinajstić information content (AvgIpc) is 2.47. The van der Waals surface area contributed by atoms with Gasteiger partial charge in [0.15, 0.2) is 0 Å². The normalized spacial score (nSPS) is 22.3. The van der Waals surface area contributed by atoms with Crippen LogP contribution >= 0.6 is 0 Å². The molecule has 1 aliphatic rings. The molecule has 1 fully saturated rings. The van der Waals surface area contributed by atoms with E-state index in [4.69, 9.17) is 0 Å². The van der Waals surface area contributed by atoms with Gasteiger partial charge >= 0.3 is 0 Å². The third-order valence-electron chi connectivity index (χ3n) is 3.78. The molecule has 3 N–H and O–H groups in total. The first-order chi connectivity index (χ1) is 9.72. The number of hydrogen-bond acceptors (Lipinski definition) is 3. The minimum absolute atomic E-state index is 0.102. The van der Waals surface area contributed by atoms with Gasteiger partial charge in [-0.1, -0.05) is 31.9 Å². The molecule has 20 heavy (non-hydrogen) atoms. The summed E-state index contributed by atoms with van der Waals surface area (Å²) in [5.41, 5.74) is 1.51. The Morgan fingerprint density at radius 2 is 2.05 bits per heavy atom. The second-order valence-corrected chi connectivity index (χ2v) is 5.40. The van der Waals surface area contributed by atoms with Gasteiger partial charge in [-0.15, -0.1) is 0 Å². The van der Waals surface area contributed by atoms with Gasteiger partial charge in [0.25, 0.3) is 5.91 Å². The highest BCUT2D eigenvalue weighted by Crippen LogP contribution is 2.20. The molecule has 1 amide bonds. The van der Waals surface area contributed by atoms with Crippen LogP contribution in [-0.4, -0.2) is 29.7 Å². The summed E-state index contributed by atoms with van der Waals surface area (Å²) in [6, 6.07) is 7.41. The van der Waals surface area contributed by atoms with Crippen molar-refractivity contribution in [2.45, 2.75) is 51.2 Å². The summed E-state index contributed by atoms with van der Waals surface area (Å²) in [6.45, 7) is 2.93. The zero-order chi connectivity index (χ0) is 14.4. The molecule has 0 aromatic heterocycles. The van der Waals surface area contributed by atoms with Crippen LogP contribution in [0.15, 0.2) is 24.3 Å². The Kier molecular flexibility index (Phi) is 5.41. The van der Waals surface area contributed by atoms with Crippen molar-refractivity contribution in [1.82, 2.24) is 5.32 Å². The number of hydrogen-bond donors (Lipinski definition) is 3. The van der Waals surface area contributed by atoms with Crippen LogP contribution in [0.5, 0.6) is 0 Å². The lowest BCUT2D eigenvalue weighted by molar-refractivity contribution is 0.0718. The number of carbonyl (C=O) groups is 1. The molecule has 0 aliphatic heterocycles. The maximum absolute atomic E-state index is 12.4. The smallest absolute Gasteiger partial charge is 0.253 e. The quantitative estimate of drug-likeness (QED) is 0.774. The van der Waals surface area contributed by atoms with Crippen LogP contribution in [0.3, 0.4) is 0 Å². The van der Waals surface area contributed by atoms with E-state index in [1.54, 1.807) is 0 Å². The lowest BCUT2D eigenvalue weighted by atomic mass is 9.92. The van der Waals surface area contributed by atoms with E-state index in [0.717, 1.165) is 44.3 Å². The number of anilines is 1. The summed E-state index contributed by atoms with van der Waals surface area (Å²) in [5.74, 6) is -0.102. The number of aliphatic hydroxyl groups excluding tert-OH is 1. The minimum atomic E-state index is -0.413. The lowest BCUT2D eigenvalue weighted by Crippen LogP contribution is -2.45. The van der Waals surface area contributed by atoms with Crippen LogP contribution in [0.25, 0.3) is 0 Å². The van der Waals surface area contributed by atoms with Gasteiger partial charge in [-0.05, 0) is 31.4 Å². The van der Waals surface area contributed by atoms with Gasteiger partial charge in [0.1, 0.15) is 0 Å². The van der Waals surface area contributed by atoms with E-state index in [1.807, 2.05) is 24.3 Å². The zero-order valence-electron chi connectivity index (χ0n) is 12.1. The Morgan fingerprint density at radius 3 is 2.80 bits per heavy atom. The van der Waals surface area contributed by atoms with E-state index in [0.29, 0.717) is 5.56 Å². The molecule has 2 rings (SSSR count). The van der Waals surface area contributed by atoms with Crippen molar-refractivity contribution >= 4 is 11.6 Å². The lowest BCUT2D eigenvalue weighted by Gasteiger charge is -2.28. The van der Waals surface area contributed by atoms with Crippen LogP contribution in [0.1, 0.15) is 49.4 Å². The summed E-state index contributed by atoms with van der Waals surface area (Å²) < 4.78 is 0. The van der Waals surface area contributed by atoms with E-state index in [9.17, 15) is 9.90 Å². The monoisotopic (exact) mass is 276 g/mol. The molecule has 1 aromatic carbocycles. The summed E-state index contributed by atoms with van der Waals surface area (Å²) >= 11 is 0. The highest BCUT2D eigenvalue weighted by atomic mass is 16.3. The van der Waals surface area contributed by atoms with Crippen molar-refractivity contribution in [2.75, 3.05) is 11.9 Å². The van der Waals surface area contributed by atoms with Crippen molar-refractivity contribution in [3.63, 3.8) is 0 Å². The van der Waals surface area contributed by atoms with Crippen molar-refractivity contribution in [3.8, 4) is 0 Å². The Hall–Kier alpha value is -1.55. The SMILES string of the molecule is CCCNc1ccccc1C(=O)N[C@H]1CCCC[C@@H]1O. The van der Waals surface area contributed by atoms with Crippen LogP contribution in [-0.2, 0) is 0 Å². The molecule has 0 bridgehead atoms. The van der Waals surface area contributed by atoms with E-state index < -0.39 is 6.10 Å². The molecule has 4 heteroatoms. The Labute approximate surface area is 120 Å². The minimum Gasteiger partial charge on any atom is -0.391 e. The summed E-state index contributed by atoms with van der Waals surface area (Å²) in [7, 11) is 0. The molecular weight excluding hydrogens is 252 g/mol. The number of carbonyl (C=O) groups excluding carboxylic acids is 1. The summed E-state index contributed by atoms with van der Waals surface area (Å²) in [4.78, 5) is 12.4. The molecule has 4 nitrogen and oxygen atoms in total. The Morgan fingerprint density at radius 1 is 1.30 bits per heavy atom. The fraction of sp³-hybridized carbons (Fsp3) is 0.562. The predicted molar refractivity (Wildman–Crippen MR) is 81.0 cm³/mol. The third-order valence-corrected chi connectivity index (χ3v) is 3.78. The zero-order valence-corrected chi connectivity index (χ0v) is 12.1. The fourth-order valence-electron chi connectivity index (χ4n) is 2.62. The van der Waals surface area contributed by atoms with Gasteiger partial charge in [-0.2, -0.15) is 0 Å². The second-order valence-electron chi connectivity index (χ2n) is 5.40. The van der Waals surface area contributed by atoms with E-state index in [1.165, 1.54) is 0 Å². The molecule has 0 spiro atoms. The van der Waals surface area contributed by atoms with Crippen LogP contribution in [0.2, 0.25) is 0 Å². The Balaban J connectivity index is 2.04. The highest BCUT2D eigenvalue weighted by Gasteiger charge is 2.25. The van der Waals surface area contributed by atoms with Gasteiger partial charge in [0.05, 0.1) is 17.7 Å². The van der Waals surface area contributed by atoms with Crippen molar-refractivity contribution in [2.24, 2.45) is 0 Å². The van der Waals surface area contributed by atoms with Gasteiger partial charge < -0.3 is 15.7 Å². The van der Waals surface area contributed by atoms with Gasteiger partial charge in [-0.25, -0.2) is 0 Å². The first-order valence-corrected chi connectivity index (χ1v) is 7.54. The molecule has 0 heterocycles. The largest absolute Gasteiger partial charge is 0.391 e. The van der Waals surface area contributed by atoms with Crippen LogP contribution in [0, 0.1) is 0 Å². The van der Waals surface area contributed by atoms with Gasteiger partial charge in [0.2, 0.25) is 0 Å². The molecule has 0 radical (unpaired) electrons. The van der Waals surface area contributed by atoms with E-state index in [2.05, 4.69) is 17.6 Å². The van der Waals surface area contributed by atoms with E-state index in [-0.39, 0.29) is 11.9 Å². The molecule has 1 aromatic rings. The maximum atomic E-state index is 12.4. The standard InChI is InChI=1S/C16H24N2O2/c1-2-11-17-13-8-4-3-7-12(13)16(20)18-14-9-5-6-10-15(14)19/h3-4,7-8,14-15,17,19H,2,5-6,9-11H2,1H3,(H,18,20)/t14-,15-/m0/s1. The van der Waals surface area contributed by atoms with Crippen LogP contribution in [0.4, 0.5) is 5.69 Å². The maximum Gasteiger partial charge on any atom is 0.253 e. The number of amides is 1. The topological polar surface area (TPSA) is 61.4 Å². The van der Waals surface area contributed by atoms with Crippen molar-refractivity contribution in [1.29, 1.82) is 0 Å². The number of para-hydroxylation sites is 1. The van der Waals surface area contributed by atoms with E-state index >= 15 is 0 Å². The van der Waals surface area contributed by atoms with Gasteiger partial charge in [0, 0.05) is 12.2 Å². The predicted octanol–water partition coefficient (Wildman–Crippen LogP) is 2.54. The molecule has 0 unspecified atom stereocenters. The molecule has 1 aliphatic carbocycles. The highest BCUT2D eigenvalue weighted by molar-refractivity contribution is 5.99. The molecule has 2 atom stereocenters. The summed E-state index contributed by atoms with van der Waals surface area (Å²) in [6.07, 6.45) is 4.35. The number of benzene rings is 1. The average molecular weight is 276 g/mol. The first-order valence-electron chi connectivity index (χ1n) is 7.54. The number of aliphatic hydroxyl groups is 1. The fourth-order valence-corrected chi connectivity index (χ4v) is 2.62. The second kappa shape index (κ2) is 7.29. The molecular formula is C16H24N2O2. The third kappa shape index (κ3) is 3.73. The van der Waals surface area contributed by atoms with Crippen molar-refractivity contribution in [3.05, 3.63) is 29.8 Å². The van der Waals surface area contributed by atoms with Crippen LogP contribution < -0.4 is 10.6 Å². The first kappa shape index (κ1) is 14.9. The number of nitrogens with one attached hydrogen (secondary N) is 2. The molecule has 0 saturated heterocycles. The molecule has 110 valence electrons. The summed E-state index contributed by atoms with van der Waals surface area (Å²) in [5, 5.41) is 16.2. The Bertz CT molecular complexity index is 448. The van der Waals surface area contributed by atoms with Crippen molar-refractivity contribution < 1.29 is 9.90 Å². The molecule has 1 saturated carbocycles. The van der Waals surface area contributed by atoms with Gasteiger partial charge in [-0.3, -0.25) is 4.79 Å².